The summed E-state index contributed by atoms with van der Waals surface area (Å²) in [4.78, 5) is 31.2. The van der Waals surface area contributed by atoms with Gasteiger partial charge in [-0.05, 0) is 40.9 Å². The van der Waals surface area contributed by atoms with Crippen molar-refractivity contribution in [2.45, 2.75) is 43.0 Å². The van der Waals surface area contributed by atoms with Crippen LogP contribution in [0, 0.1) is 0 Å². The third-order valence-electron chi connectivity index (χ3n) is 5.42. The van der Waals surface area contributed by atoms with Crippen molar-refractivity contribution in [1.82, 2.24) is 19.2 Å². The van der Waals surface area contributed by atoms with Gasteiger partial charge in [0.2, 0.25) is 15.9 Å². The van der Waals surface area contributed by atoms with Crippen LogP contribution in [-0.4, -0.2) is 59.2 Å². The van der Waals surface area contributed by atoms with Crippen LogP contribution < -0.4 is 5.69 Å². The number of hydrogen-bond acceptors (Lipinski definition) is 4. The number of nitrogens with one attached hydrogen (secondary N) is 2. The number of piperazine rings is 1. The van der Waals surface area contributed by atoms with Gasteiger partial charge in [0.05, 0.1) is 22.5 Å². The van der Waals surface area contributed by atoms with Gasteiger partial charge < -0.3 is 14.9 Å². The Labute approximate surface area is 165 Å². The first-order chi connectivity index (χ1) is 12.9. The van der Waals surface area contributed by atoms with Crippen molar-refractivity contribution in [3.63, 3.8) is 0 Å². The molecular weight excluding hydrogens is 436 g/mol. The Morgan fingerprint density at radius 2 is 1.67 bits per heavy atom. The molecule has 0 atom stereocenters. The van der Waals surface area contributed by atoms with Gasteiger partial charge in [-0.15, -0.1) is 0 Å². The molecule has 10 heteroatoms. The average molecular weight is 457 g/mol. The fourth-order valence-corrected chi connectivity index (χ4v) is 6.43. The second-order valence-corrected chi connectivity index (χ2v) is 9.89. The minimum atomic E-state index is -3.86. The molecule has 0 spiro atoms. The van der Waals surface area contributed by atoms with Gasteiger partial charge in [0.25, 0.3) is 0 Å². The molecule has 27 heavy (non-hydrogen) atoms. The van der Waals surface area contributed by atoms with Gasteiger partial charge in [-0.3, -0.25) is 4.79 Å². The molecule has 1 aromatic carbocycles. The summed E-state index contributed by atoms with van der Waals surface area (Å²) in [6.45, 7) is 0.551. The summed E-state index contributed by atoms with van der Waals surface area (Å²) in [6.07, 6.45) is 5.45. The molecule has 1 amide bonds. The van der Waals surface area contributed by atoms with Gasteiger partial charge in [-0.25, -0.2) is 13.2 Å². The smallest absolute Gasteiger partial charge is 0.323 e. The molecule has 2 aromatic rings. The van der Waals surface area contributed by atoms with Gasteiger partial charge in [0.15, 0.2) is 0 Å². The second-order valence-electron chi connectivity index (χ2n) is 7.12. The molecule has 0 unspecified atom stereocenters. The van der Waals surface area contributed by atoms with Crippen molar-refractivity contribution in [3.8, 4) is 0 Å². The van der Waals surface area contributed by atoms with Crippen molar-refractivity contribution in [3.05, 3.63) is 27.1 Å². The molecule has 8 nitrogen and oxygen atoms in total. The van der Waals surface area contributed by atoms with E-state index in [4.69, 9.17) is 0 Å². The minimum absolute atomic E-state index is 0.0455. The number of carbonyl (C=O) groups excluding carboxylic acids is 1. The molecular formula is C17H21BrN4O4S. The average Bonchev–Trinajstić information content (AvgIpc) is 3.00. The molecule has 1 saturated heterocycles. The number of nitrogens with zero attached hydrogens (tertiary/aromatic N) is 2. The van der Waals surface area contributed by atoms with E-state index in [1.165, 1.54) is 16.8 Å². The number of carbonyl (C=O) groups is 1. The van der Waals surface area contributed by atoms with Crippen molar-refractivity contribution in [2.24, 2.45) is 0 Å². The quantitative estimate of drug-likeness (QED) is 0.733. The maximum atomic E-state index is 13.1. The molecule has 2 fully saturated rings. The maximum absolute atomic E-state index is 13.1. The molecule has 2 aliphatic rings. The lowest BCUT2D eigenvalue weighted by Gasteiger charge is -2.40. The summed E-state index contributed by atoms with van der Waals surface area (Å²) in [5.74, 6) is -0.135. The molecule has 4 rings (SSSR count). The van der Waals surface area contributed by atoms with Crippen LogP contribution >= 0.6 is 15.9 Å². The predicted octanol–water partition coefficient (Wildman–Crippen LogP) is 1.78. The first kappa shape index (κ1) is 18.7. The van der Waals surface area contributed by atoms with E-state index >= 15 is 0 Å². The number of hydrogen-bond donors (Lipinski definition) is 2. The Kier molecular flexibility index (Phi) is 4.89. The fourth-order valence-electron chi connectivity index (χ4n) is 4.02. The lowest BCUT2D eigenvalue weighted by molar-refractivity contribution is -0.137. The number of aromatic amines is 2. The minimum Gasteiger partial charge on any atom is -0.337 e. The van der Waals surface area contributed by atoms with Gasteiger partial charge in [0.1, 0.15) is 0 Å². The van der Waals surface area contributed by atoms with E-state index < -0.39 is 15.7 Å². The lowest BCUT2D eigenvalue weighted by Crippen LogP contribution is -2.55. The monoisotopic (exact) mass is 456 g/mol. The number of amides is 1. The summed E-state index contributed by atoms with van der Waals surface area (Å²) in [6, 6.07) is 3.22. The van der Waals surface area contributed by atoms with Gasteiger partial charge >= 0.3 is 5.69 Å². The first-order valence-electron chi connectivity index (χ1n) is 9.07. The van der Waals surface area contributed by atoms with E-state index in [1.54, 1.807) is 6.07 Å². The summed E-state index contributed by atoms with van der Waals surface area (Å²) in [7, 11) is -3.86. The third-order valence-corrected chi connectivity index (χ3v) is 8.23. The Morgan fingerprint density at radius 1 is 1.00 bits per heavy atom. The number of imidazole rings is 1. The Bertz CT molecular complexity index is 1040. The molecule has 1 aliphatic heterocycles. The maximum Gasteiger partial charge on any atom is 0.323 e. The Morgan fingerprint density at radius 3 is 2.33 bits per heavy atom. The highest BCUT2D eigenvalue weighted by atomic mass is 79.9. The summed E-state index contributed by atoms with van der Waals surface area (Å²) >= 11 is 3.28. The van der Waals surface area contributed by atoms with Crippen LogP contribution in [0.2, 0.25) is 0 Å². The number of halogens is 1. The highest BCUT2D eigenvalue weighted by Gasteiger charge is 2.36. The van der Waals surface area contributed by atoms with Crippen LogP contribution in [0.5, 0.6) is 0 Å². The fraction of sp³-hybridized carbons (Fsp3) is 0.529. The third kappa shape index (κ3) is 3.45. The SMILES string of the molecule is O=C1CN(S(=O)(=O)c2cc3[nH]c(=O)[nH]c3cc2Br)CCN1C1CCCCC1. The van der Waals surface area contributed by atoms with Crippen LogP contribution in [0.4, 0.5) is 0 Å². The number of sulfonamides is 1. The van der Waals surface area contributed by atoms with Crippen molar-refractivity contribution in [1.29, 1.82) is 0 Å². The molecule has 0 radical (unpaired) electrons. The van der Waals surface area contributed by atoms with Crippen molar-refractivity contribution < 1.29 is 13.2 Å². The van der Waals surface area contributed by atoms with Gasteiger partial charge in [-0.2, -0.15) is 4.31 Å². The highest BCUT2D eigenvalue weighted by molar-refractivity contribution is 9.10. The van der Waals surface area contributed by atoms with Crippen molar-refractivity contribution in [2.75, 3.05) is 19.6 Å². The van der Waals surface area contributed by atoms with Crippen LogP contribution in [-0.2, 0) is 14.8 Å². The lowest BCUT2D eigenvalue weighted by atomic mass is 9.94. The van der Waals surface area contributed by atoms with E-state index in [1.807, 2.05) is 4.90 Å². The largest absolute Gasteiger partial charge is 0.337 e. The standard InChI is InChI=1S/C17H21BrN4O4S/c18-12-8-13-14(20-17(24)19-13)9-15(12)27(25,26)21-6-7-22(16(23)10-21)11-4-2-1-3-5-11/h8-9,11H,1-7,10H2,(H2,19,20,24). The van der Waals surface area contributed by atoms with Crippen LogP contribution in [0.1, 0.15) is 32.1 Å². The Balaban J connectivity index is 1.59. The number of aromatic nitrogens is 2. The van der Waals surface area contributed by atoms with E-state index in [0.717, 1.165) is 25.7 Å². The zero-order valence-electron chi connectivity index (χ0n) is 14.7. The molecule has 0 bridgehead atoms. The van der Waals surface area contributed by atoms with E-state index in [-0.39, 0.29) is 29.9 Å². The Hall–Kier alpha value is -1.65. The van der Waals surface area contributed by atoms with Crippen LogP contribution in [0.3, 0.4) is 0 Å². The first-order valence-corrected chi connectivity index (χ1v) is 11.3. The summed E-state index contributed by atoms with van der Waals surface area (Å²) in [5.41, 5.74) is 0.528. The topological polar surface area (TPSA) is 106 Å². The van der Waals surface area contributed by atoms with Gasteiger partial charge in [-0.1, -0.05) is 19.3 Å². The summed E-state index contributed by atoms with van der Waals surface area (Å²) < 4.78 is 27.8. The summed E-state index contributed by atoms with van der Waals surface area (Å²) in [5, 5.41) is 0. The molecule has 1 saturated carbocycles. The van der Waals surface area contributed by atoms with Gasteiger partial charge in [0, 0.05) is 23.6 Å². The van der Waals surface area contributed by atoms with Crippen LogP contribution in [0.25, 0.3) is 11.0 Å². The number of fused-ring (bicyclic) bond motifs is 1. The second kappa shape index (κ2) is 7.06. The number of benzene rings is 1. The molecule has 146 valence electrons. The molecule has 2 N–H and O–H groups in total. The number of rotatable bonds is 3. The highest BCUT2D eigenvalue weighted by Crippen LogP contribution is 2.30. The van der Waals surface area contributed by atoms with Crippen LogP contribution in [0.15, 0.2) is 26.3 Å². The van der Waals surface area contributed by atoms with E-state index in [2.05, 4.69) is 25.9 Å². The normalized spacial score (nSPS) is 20.5. The van der Waals surface area contributed by atoms with Crippen molar-refractivity contribution >= 4 is 42.9 Å². The van der Waals surface area contributed by atoms with E-state index in [0.29, 0.717) is 22.1 Å². The predicted molar refractivity (Wildman–Crippen MR) is 104 cm³/mol. The molecule has 1 aromatic heterocycles. The zero-order valence-corrected chi connectivity index (χ0v) is 17.1. The number of H-pyrrole nitrogens is 2. The molecule has 2 heterocycles. The zero-order chi connectivity index (χ0) is 19.2. The molecule has 1 aliphatic carbocycles. The van der Waals surface area contributed by atoms with E-state index in [9.17, 15) is 18.0 Å².